The lowest BCUT2D eigenvalue weighted by atomic mass is 9.97. The van der Waals surface area contributed by atoms with Gasteiger partial charge in [-0.15, -0.1) is 10.2 Å². The molecule has 0 unspecified atom stereocenters. The Bertz CT molecular complexity index is 841. The zero-order chi connectivity index (χ0) is 20.1. The Hall–Kier alpha value is -2.48. The fourth-order valence-electron chi connectivity index (χ4n) is 3.94. The minimum absolute atomic E-state index is 0.0384. The second-order valence-corrected chi connectivity index (χ2v) is 8.62. The van der Waals surface area contributed by atoms with Crippen molar-refractivity contribution in [3.8, 4) is 0 Å². The van der Waals surface area contributed by atoms with Gasteiger partial charge in [-0.3, -0.25) is 14.5 Å². The van der Waals surface area contributed by atoms with Crippen molar-refractivity contribution in [3.63, 3.8) is 0 Å². The number of rotatable bonds is 6. The highest BCUT2D eigenvalue weighted by molar-refractivity contribution is 7.19. The minimum Gasteiger partial charge on any atom is -0.355 e. The molecule has 1 N–H and O–H groups in total. The Kier molecular flexibility index (Phi) is 6.39. The molecule has 4 rings (SSSR count). The maximum absolute atomic E-state index is 12.6. The summed E-state index contributed by atoms with van der Waals surface area (Å²) in [6, 6.07) is 10.2. The van der Waals surface area contributed by atoms with Crippen LogP contribution >= 0.6 is 11.3 Å². The molecule has 2 aliphatic heterocycles. The molecular formula is C21H27N5O2S. The smallest absolute Gasteiger partial charge is 0.228 e. The zero-order valence-corrected chi connectivity index (χ0v) is 17.4. The number of hydrogen-bond donors (Lipinski definition) is 1. The number of carbonyl (C=O) groups is 2. The molecule has 154 valence electrons. The Morgan fingerprint density at radius 2 is 1.93 bits per heavy atom. The van der Waals surface area contributed by atoms with E-state index in [1.807, 2.05) is 18.2 Å². The molecule has 2 amide bonds. The van der Waals surface area contributed by atoms with E-state index in [0.29, 0.717) is 24.6 Å². The molecule has 8 heteroatoms. The molecule has 7 nitrogen and oxygen atoms in total. The molecule has 0 aliphatic carbocycles. The van der Waals surface area contributed by atoms with E-state index in [4.69, 9.17) is 0 Å². The lowest BCUT2D eigenvalue weighted by Gasteiger charge is -2.31. The topological polar surface area (TPSA) is 78.4 Å². The van der Waals surface area contributed by atoms with Crippen LogP contribution in [0.2, 0.25) is 0 Å². The molecule has 0 saturated carbocycles. The largest absolute Gasteiger partial charge is 0.355 e. The Morgan fingerprint density at radius 1 is 1.10 bits per heavy atom. The molecule has 0 radical (unpaired) electrons. The number of nitrogens with one attached hydrogen (secondary N) is 1. The van der Waals surface area contributed by atoms with Gasteiger partial charge in [-0.2, -0.15) is 0 Å². The average molecular weight is 414 g/mol. The van der Waals surface area contributed by atoms with Crippen molar-refractivity contribution in [2.75, 3.05) is 36.0 Å². The summed E-state index contributed by atoms with van der Waals surface area (Å²) in [5.74, 6) is 0.207. The van der Waals surface area contributed by atoms with Crippen LogP contribution in [0.3, 0.4) is 0 Å². The zero-order valence-electron chi connectivity index (χ0n) is 16.5. The Morgan fingerprint density at radius 3 is 2.76 bits per heavy atom. The van der Waals surface area contributed by atoms with Gasteiger partial charge in [0.2, 0.25) is 22.1 Å². The molecule has 2 aliphatic rings. The molecule has 1 aromatic carbocycles. The molecule has 3 heterocycles. The summed E-state index contributed by atoms with van der Waals surface area (Å²) in [5.41, 5.74) is 1.23. The van der Waals surface area contributed by atoms with Gasteiger partial charge in [0.15, 0.2) is 0 Å². The number of amides is 2. The summed E-state index contributed by atoms with van der Waals surface area (Å²) in [7, 11) is 0. The second-order valence-electron chi connectivity index (χ2n) is 7.68. The maximum Gasteiger partial charge on any atom is 0.228 e. The van der Waals surface area contributed by atoms with Crippen molar-refractivity contribution in [1.82, 2.24) is 15.5 Å². The first kappa shape index (κ1) is 19.8. The Balaban J connectivity index is 1.31. The van der Waals surface area contributed by atoms with E-state index in [1.165, 1.54) is 16.9 Å². The molecular weight excluding hydrogens is 386 g/mol. The van der Waals surface area contributed by atoms with Gasteiger partial charge < -0.3 is 10.2 Å². The van der Waals surface area contributed by atoms with Gasteiger partial charge in [-0.25, -0.2) is 0 Å². The first-order chi connectivity index (χ1) is 14.2. The highest BCUT2D eigenvalue weighted by Gasteiger charge is 2.29. The summed E-state index contributed by atoms with van der Waals surface area (Å²) in [6.45, 7) is 2.90. The highest BCUT2D eigenvalue weighted by Crippen LogP contribution is 2.32. The third kappa shape index (κ3) is 4.93. The summed E-state index contributed by atoms with van der Waals surface area (Å²) in [4.78, 5) is 28.7. The fourth-order valence-corrected chi connectivity index (χ4v) is 4.86. The molecule has 0 spiro atoms. The normalized spacial score (nSPS) is 20.0. The number of aromatic nitrogens is 2. The third-order valence-electron chi connectivity index (χ3n) is 5.58. The van der Waals surface area contributed by atoms with Crippen molar-refractivity contribution < 1.29 is 9.59 Å². The second kappa shape index (κ2) is 9.35. The summed E-state index contributed by atoms with van der Waals surface area (Å²) in [5, 5.41) is 13.1. The average Bonchev–Trinajstić information content (AvgIpc) is 3.25. The van der Waals surface area contributed by atoms with E-state index in [0.717, 1.165) is 50.3 Å². The number of nitrogens with zero attached hydrogens (tertiary/aromatic N) is 4. The monoisotopic (exact) mass is 413 g/mol. The van der Waals surface area contributed by atoms with Gasteiger partial charge in [0.1, 0.15) is 0 Å². The lowest BCUT2D eigenvalue weighted by Crippen LogP contribution is -2.43. The van der Waals surface area contributed by atoms with Crippen molar-refractivity contribution >= 4 is 33.4 Å². The van der Waals surface area contributed by atoms with Crippen LogP contribution in [0.4, 0.5) is 10.3 Å². The van der Waals surface area contributed by atoms with Crippen LogP contribution in [-0.2, 0) is 16.0 Å². The van der Waals surface area contributed by atoms with Crippen LogP contribution < -0.4 is 15.1 Å². The van der Waals surface area contributed by atoms with Crippen LogP contribution in [-0.4, -0.2) is 48.2 Å². The van der Waals surface area contributed by atoms with E-state index in [-0.39, 0.29) is 17.7 Å². The number of carbonyl (C=O) groups excluding carboxylic acids is 2. The molecule has 29 heavy (non-hydrogen) atoms. The van der Waals surface area contributed by atoms with Gasteiger partial charge in [-0.05, 0) is 37.7 Å². The van der Waals surface area contributed by atoms with Crippen LogP contribution in [0.25, 0.3) is 0 Å². The quantitative estimate of drug-likeness (QED) is 0.788. The summed E-state index contributed by atoms with van der Waals surface area (Å²) >= 11 is 1.46. The standard InChI is InChI=1S/C21H27N5O2S/c27-18-10-4-5-14-26(18)21-24-23-20(29-21)25-13-6-9-17(15-25)19(28)22-12-11-16-7-2-1-3-8-16/h1-3,7-8,17H,4-6,9-15H2,(H,22,28)/t17-/m1/s1. The predicted molar refractivity (Wildman–Crippen MR) is 114 cm³/mol. The molecule has 2 saturated heterocycles. The van der Waals surface area contributed by atoms with Crippen molar-refractivity contribution in [1.29, 1.82) is 0 Å². The summed E-state index contributed by atoms with van der Waals surface area (Å²) < 4.78 is 0. The molecule has 0 bridgehead atoms. The SMILES string of the molecule is O=C(NCCc1ccccc1)[C@@H]1CCCN(c2nnc(N3CCCCC3=O)s2)C1. The minimum atomic E-state index is -0.0384. The summed E-state index contributed by atoms with van der Waals surface area (Å²) in [6.07, 6.45) is 5.23. The first-order valence-electron chi connectivity index (χ1n) is 10.4. The van der Waals surface area contributed by atoms with Gasteiger partial charge >= 0.3 is 0 Å². The molecule has 2 fully saturated rings. The van der Waals surface area contributed by atoms with E-state index < -0.39 is 0 Å². The van der Waals surface area contributed by atoms with E-state index >= 15 is 0 Å². The highest BCUT2D eigenvalue weighted by atomic mass is 32.1. The van der Waals surface area contributed by atoms with Gasteiger partial charge in [0, 0.05) is 32.6 Å². The number of benzene rings is 1. The number of piperidine rings is 2. The first-order valence-corrected chi connectivity index (χ1v) is 11.2. The van der Waals surface area contributed by atoms with E-state index in [9.17, 15) is 9.59 Å². The van der Waals surface area contributed by atoms with Crippen molar-refractivity contribution in [2.24, 2.45) is 5.92 Å². The third-order valence-corrected chi connectivity index (χ3v) is 6.58. The van der Waals surface area contributed by atoms with Crippen molar-refractivity contribution in [2.45, 2.75) is 38.5 Å². The fraction of sp³-hybridized carbons (Fsp3) is 0.524. The van der Waals surface area contributed by atoms with Crippen LogP contribution in [0.1, 0.15) is 37.7 Å². The lowest BCUT2D eigenvalue weighted by molar-refractivity contribution is -0.125. The van der Waals surface area contributed by atoms with Crippen LogP contribution in [0.15, 0.2) is 30.3 Å². The van der Waals surface area contributed by atoms with Crippen LogP contribution in [0.5, 0.6) is 0 Å². The van der Waals surface area contributed by atoms with E-state index in [2.05, 4.69) is 32.5 Å². The number of anilines is 2. The predicted octanol–water partition coefficient (Wildman–Crippen LogP) is 2.63. The van der Waals surface area contributed by atoms with Crippen LogP contribution in [0, 0.1) is 5.92 Å². The maximum atomic E-state index is 12.6. The van der Waals surface area contributed by atoms with Crippen molar-refractivity contribution in [3.05, 3.63) is 35.9 Å². The molecule has 2 aromatic rings. The molecule has 1 aromatic heterocycles. The van der Waals surface area contributed by atoms with Gasteiger partial charge in [-0.1, -0.05) is 41.7 Å². The Labute approximate surface area is 175 Å². The van der Waals surface area contributed by atoms with Gasteiger partial charge in [0.25, 0.3) is 0 Å². The number of hydrogen-bond acceptors (Lipinski definition) is 6. The molecule has 1 atom stereocenters. The van der Waals surface area contributed by atoms with E-state index in [1.54, 1.807) is 4.90 Å². The van der Waals surface area contributed by atoms with Gasteiger partial charge in [0.05, 0.1) is 5.92 Å².